The minimum absolute atomic E-state index is 0.159. The standard InChI is InChI=1S/C22H24F3N5O2/c1-4-30-12-15(10-28-30)19-20(26)27-11-18(29-19)17-9-16(6-5-13(17)2)21(32,22(23,24)25)8-7-14(3)31/h5-6,9-12,32H,4,7-8H2,1-3H3,(H2,26,27). The van der Waals surface area contributed by atoms with Gasteiger partial charge in [-0.05, 0) is 44.4 Å². The van der Waals surface area contributed by atoms with Crippen molar-refractivity contribution in [3.05, 3.63) is 47.9 Å². The second kappa shape index (κ2) is 8.70. The summed E-state index contributed by atoms with van der Waals surface area (Å²) in [5.41, 5.74) is 4.72. The molecule has 10 heteroatoms. The molecule has 170 valence electrons. The summed E-state index contributed by atoms with van der Waals surface area (Å²) in [4.78, 5) is 20.0. The molecule has 1 atom stereocenters. The maximum atomic E-state index is 13.8. The van der Waals surface area contributed by atoms with Gasteiger partial charge in [0.1, 0.15) is 17.3 Å². The highest BCUT2D eigenvalue weighted by Crippen LogP contribution is 2.43. The molecule has 0 saturated carbocycles. The van der Waals surface area contributed by atoms with Crippen LogP contribution < -0.4 is 5.73 Å². The van der Waals surface area contributed by atoms with Gasteiger partial charge in [0.05, 0.1) is 18.1 Å². The number of hydrogen-bond donors (Lipinski definition) is 2. The van der Waals surface area contributed by atoms with Gasteiger partial charge in [-0.25, -0.2) is 9.97 Å². The smallest absolute Gasteiger partial charge is 0.382 e. The molecule has 3 rings (SSSR count). The zero-order chi connectivity index (χ0) is 23.7. The molecular formula is C22H24F3N5O2. The molecule has 2 heterocycles. The molecule has 32 heavy (non-hydrogen) atoms. The van der Waals surface area contributed by atoms with Crippen molar-refractivity contribution in [3.8, 4) is 22.5 Å². The molecule has 7 nitrogen and oxygen atoms in total. The van der Waals surface area contributed by atoms with Gasteiger partial charge < -0.3 is 15.6 Å². The first-order valence-corrected chi connectivity index (χ1v) is 10.0. The zero-order valence-corrected chi connectivity index (χ0v) is 17.9. The topological polar surface area (TPSA) is 107 Å². The Hall–Kier alpha value is -3.27. The SMILES string of the molecule is CCn1cc(-c2nc(-c3cc(C(O)(CCC(C)=O)C(F)(F)F)ccc3C)cnc2N)cn1. The van der Waals surface area contributed by atoms with Crippen LogP contribution in [0.1, 0.15) is 37.8 Å². The van der Waals surface area contributed by atoms with E-state index < -0.39 is 30.4 Å². The number of carbonyl (C=O) groups excluding carboxylic acids is 1. The van der Waals surface area contributed by atoms with Crippen molar-refractivity contribution in [2.45, 2.75) is 51.9 Å². The van der Waals surface area contributed by atoms with Crippen molar-refractivity contribution in [2.24, 2.45) is 0 Å². The third-order valence-corrected chi connectivity index (χ3v) is 5.33. The average molecular weight is 447 g/mol. The first-order chi connectivity index (χ1) is 15.0. The van der Waals surface area contributed by atoms with Crippen molar-refractivity contribution in [3.63, 3.8) is 0 Å². The third kappa shape index (κ3) is 4.50. The highest BCUT2D eigenvalue weighted by Gasteiger charge is 2.54. The second-order valence-corrected chi connectivity index (χ2v) is 7.66. The number of aromatic nitrogens is 4. The molecular weight excluding hydrogens is 423 g/mol. The van der Waals surface area contributed by atoms with Crippen LogP contribution in [-0.4, -0.2) is 36.8 Å². The number of benzene rings is 1. The maximum absolute atomic E-state index is 13.8. The predicted octanol–water partition coefficient (Wildman–Crippen LogP) is 4.04. The summed E-state index contributed by atoms with van der Waals surface area (Å²) in [5, 5.41) is 14.8. The number of aliphatic hydroxyl groups is 1. The van der Waals surface area contributed by atoms with Gasteiger partial charge in [0.15, 0.2) is 5.60 Å². The molecule has 1 aromatic carbocycles. The molecule has 0 saturated heterocycles. The summed E-state index contributed by atoms with van der Waals surface area (Å²) in [5.74, 6) is -0.284. The first kappa shape index (κ1) is 23.4. The molecule has 0 aliphatic rings. The van der Waals surface area contributed by atoms with E-state index in [0.717, 1.165) is 0 Å². The van der Waals surface area contributed by atoms with E-state index >= 15 is 0 Å². The molecule has 3 N–H and O–H groups in total. The van der Waals surface area contributed by atoms with Crippen molar-refractivity contribution in [2.75, 3.05) is 5.73 Å². The number of anilines is 1. The highest BCUT2D eigenvalue weighted by molar-refractivity contribution is 5.76. The average Bonchev–Trinajstić information content (AvgIpc) is 3.21. The Kier molecular flexibility index (Phi) is 6.36. The van der Waals surface area contributed by atoms with Crippen LogP contribution in [0.25, 0.3) is 22.5 Å². The number of halogens is 3. The maximum Gasteiger partial charge on any atom is 0.421 e. The molecule has 0 bridgehead atoms. The van der Waals surface area contributed by atoms with Gasteiger partial charge in [-0.2, -0.15) is 18.3 Å². The lowest BCUT2D eigenvalue weighted by molar-refractivity contribution is -0.269. The van der Waals surface area contributed by atoms with Crippen molar-refractivity contribution < 1.29 is 23.1 Å². The molecule has 2 aromatic heterocycles. The van der Waals surface area contributed by atoms with Crippen molar-refractivity contribution >= 4 is 11.6 Å². The van der Waals surface area contributed by atoms with Crippen molar-refractivity contribution in [1.29, 1.82) is 0 Å². The Morgan fingerprint density at radius 3 is 2.56 bits per heavy atom. The van der Waals surface area contributed by atoms with Gasteiger partial charge in [0.2, 0.25) is 0 Å². The minimum Gasteiger partial charge on any atom is -0.382 e. The number of nitrogens with two attached hydrogens (primary N) is 1. The van der Waals surface area contributed by atoms with Crippen LogP contribution in [0.4, 0.5) is 19.0 Å². The Bertz CT molecular complexity index is 1140. The fourth-order valence-corrected chi connectivity index (χ4v) is 3.36. The lowest BCUT2D eigenvalue weighted by Crippen LogP contribution is -2.42. The van der Waals surface area contributed by atoms with Crippen LogP contribution in [0.5, 0.6) is 0 Å². The highest BCUT2D eigenvalue weighted by atomic mass is 19.4. The first-order valence-electron chi connectivity index (χ1n) is 10.0. The molecule has 0 amide bonds. The lowest BCUT2D eigenvalue weighted by Gasteiger charge is -2.31. The van der Waals surface area contributed by atoms with Gasteiger partial charge in [0.25, 0.3) is 0 Å². The second-order valence-electron chi connectivity index (χ2n) is 7.66. The number of hydrogen-bond acceptors (Lipinski definition) is 6. The number of ketones is 1. The van der Waals surface area contributed by atoms with E-state index in [4.69, 9.17) is 5.73 Å². The van der Waals surface area contributed by atoms with Gasteiger partial charge in [-0.1, -0.05) is 12.1 Å². The number of alkyl halides is 3. The van der Waals surface area contributed by atoms with E-state index in [1.54, 1.807) is 24.0 Å². The summed E-state index contributed by atoms with van der Waals surface area (Å²) in [6.45, 7) is 5.47. The van der Waals surface area contributed by atoms with Gasteiger partial charge in [-0.3, -0.25) is 4.68 Å². The number of nitrogens with zero attached hydrogens (tertiary/aromatic N) is 4. The molecule has 0 spiro atoms. The van der Waals surface area contributed by atoms with E-state index in [-0.39, 0.29) is 11.4 Å². The number of rotatable bonds is 7. The number of aryl methyl sites for hydroxylation is 2. The van der Waals surface area contributed by atoms with Gasteiger partial charge in [0, 0.05) is 30.3 Å². The summed E-state index contributed by atoms with van der Waals surface area (Å²) >= 11 is 0. The normalized spacial score (nSPS) is 13.7. The molecule has 0 aliphatic carbocycles. The predicted molar refractivity (Wildman–Crippen MR) is 113 cm³/mol. The van der Waals surface area contributed by atoms with E-state index in [9.17, 15) is 23.1 Å². The van der Waals surface area contributed by atoms with Crippen molar-refractivity contribution in [1.82, 2.24) is 19.7 Å². The zero-order valence-electron chi connectivity index (χ0n) is 17.9. The van der Waals surface area contributed by atoms with Crippen LogP contribution in [0.15, 0.2) is 36.8 Å². The lowest BCUT2D eigenvalue weighted by atomic mass is 9.85. The van der Waals surface area contributed by atoms with Gasteiger partial charge in [-0.15, -0.1) is 0 Å². The van der Waals surface area contributed by atoms with Crippen LogP contribution in [0, 0.1) is 6.92 Å². The molecule has 3 aromatic rings. The largest absolute Gasteiger partial charge is 0.421 e. The Morgan fingerprint density at radius 1 is 1.25 bits per heavy atom. The van der Waals surface area contributed by atoms with Crippen LogP contribution in [-0.2, 0) is 16.9 Å². The fourth-order valence-electron chi connectivity index (χ4n) is 3.36. The van der Waals surface area contributed by atoms with Crippen LogP contribution >= 0.6 is 0 Å². The fraction of sp³-hybridized carbons (Fsp3) is 0.364. The molecule has 0 fully saturated rings. The molecule has 0 radical (unpaired) electrons. The van der Waals surface area contributed by atoms with Crippen LogP contribution in [0.2, 0.25) is 0 Å². The number of nitrogen functional groups attached to an aromatic ring is 1. The van der Waals surface area contributed by atoms with E-state index in [2.05, 4.69) is 15.1 Å². The number of Topliss-reactive ketones (excluding diaryl/α,β-unsaturated/α-hetero) is 1. The Morgan fingerprint density at radius 2 is 1.97 bits per heavy atom. The Labute approximate surface area is 183 Å². The van der Waals surface area contributed by atoms with Crippen LogP contribution in [0.3, 0.4) is 0 Å². The Balaban J connectivity index is 2.11. The minimum atomic E-state index is -4.97. The monoisotopic (exact) mass is 447 g/mol. The quantitative estimate of drug-likeness (QED) is 0.566. The summed E-state index contributed by atoms with van der Waals surface area (Å²) in [6, 6.07) is 3.92. The van der Waals surface area contributed by atoms with Gasteiger partial charge >= 0.3 is 6.18 Å². The molecule has 0 aliphatic heterocycles. The molecule has 1 unspecified atom stereocenters. The van der Waals surface area contributed by atoms with E-state index in [1.165, 1.54) is 31.3 Å². The summed E-state index contributed by atoms with van der Waals surface area (Å²) < 4.78 is 43.2. The number of carbonyl (C=O) groups is 1. The van der Waals surface area contributed by atoms with E-state index in [0.29, 0.717) is 34.6 Å². The summed E-state index contributed by atoms with van der Waals surface area (Å²) in [6.07, 6.45) is -1.45. The third-order valence-electron chi connectivity index (χ3n) is 5.33. The summed E-state index contributed by atoms with van der Waals surface area (Å²) in [7, 11) is 0. The van der Waals surface area contributed by atoms with E-state index in [1.807, 2.05) is 6.92 Å².